The second-order valence-corrected chi connectivity index (χ2v) is 5.80. The molecule has 6 heteroatoms. The van der Waals surface area contributed by atoms with E-state index in [0.29, 0.717) is 10.0 Å². The summed E-state index contributed by atoms with van der Waals surface area (Å²) in [5.74, 6) is -1.96. The average Bonchev–Trinajstić information content (AvgIpc) is 2.35. The summed E-state index contributed by atoms with van der Waals surface area (Å²) in [5, 5.41) is 2.41. The molecule has 98 valence electrons. The van der Waals surface area contributed by atoms with Crippen LogP contribution in [0, 0.1) is 15.2 Å². The summed E-state index contributed by atoms with van der Waals surface area (Å²) in [6.07, 6.45) is 0. The van der Waals surface area contributed by atoms with Crippen molar-refractivity contribution in [2.75, 3.05) is 5.32 Å². The zero-order valence-corrected chi connectivity index (χ0v) is 13.1. The predicted molar refractivity (Wildman–Crippen MR) is 81.2 cm³/mol. The molecule has 1 amide bonds. The maximum Gasteiger partial charge on any atom is 0.256 e. The molecular formula is C13H7BrF2INO. The Labute approximate surface area is 130 Å². The summed E-state index contributed by atoms with van der Waals surface area (Å²) in [7, 11) is 0. The number of rotatable bonds is 2. The standard InChI is InChI=1S/C13H7BrF2INO/c14-10-3-2-8(17)6-9(10)13(19)18-12-4-1-7(15)5-11(12)16/h1-6H,(H,18,19). The highest BCUT2D eigenvalue weighted by atomic mass is 127. The van der Waals surface area contributed by atoms with Gasteiger partial charge in [-0.25, -0.2) is 8.78 Å². The Hall–Kier alpha value is -1.02. The molecule has 0 fully saturated rings. The van der Waals surface area contributed by atoms with E-state index in [-0.39, 0.29) is 5.69 Å². The first-order valence-electron chi connectivity index (χ1n) is 5.19. The average molecular weight is 438 g/mol. The molecule has 0 aliphatic heterocycles. The fourth-order valence-corrected chi connectivity index (χ4v) is 2.37. The van der Waals surface area contributed by atoms with E-state index in [1.165, 1.54) is 6.07 Å². The second kappa shape index (κ2) is 5.96. The van der Waals surface area contributed by atoms with Crippen molar-refractivity contribution < 1.29 is 13.6 Å². The van der Waals surface area contributed by atoms with Crippen molar-refractivity contribution in [1.82, 2.24) is 0 Å². The van der Waals surface area contributed by atoms with E-state index in [1.54, 1.807) is 12.1 Å². The zero-order valence-electron chi connectivity index (χ0n) is 9.38. The van der Waals surface area contributed by atoms with E-state index >= 15 is 0 Å². The summed E-state index contributed by atoms with van der Waals surface area (Å²) in [6.45, 7) is 0. The van der Waals surface area contributed by atoms with Gasteiger partial charge in [-0.1, -0.05) is 0 Å². The number of carbonyl (C=O) groups is 1. The van der Waals surface area contributed by atoms with Gasteiger partial charge in [0.05, 0.1) is 11.3 Å². The van der Waals surface area contributed by atoms with E-state index < -0.39 is 17.5 Å². The number of hydrogen-bond acceptors (Lipinski definition) is 1. The number of anilines is 1. The number of carbonyl (C=O) groups excluding carboxylic acids is 1. The Morgan fingerprint density at radius 3 is 2.58 bits per heavy atom. The van der Waals surface area contributed by atoms with Crippen molar-refractivity contribution in [3.05, 3.63) is 61.6 Å². The monoisotopic (exact) mass is 437 g/mol. The van der Waals surface area contributed by atoms with Crippen molar-refractivity contribution in [2.24, 2.45) is 0 Å². The Balaban J connectivity index is 2.28. The van der Waals surface area contributed by atoms with Crippen molar-refractivity contribution in [1.29, 1.82) is 0 Å². The van der Waals surface area contributed by atoms with Crippen molar-refractivity contribution in [3.8, 4) is 0 Å². The molecule has 2 nitrogen and oxygen atoms in total. The molecule has 19 heavy (non-hydrogen) atoms. The van der Waals surface area contributed by atoms with E-state index in [0.717, 1.165) is 15.7 Å². The van der Waals surface area contributed by atoms with Crippen LogP contribution in [0.25, 0.3) is 0 Å². The number of benzene rings is 2. The summed E-state index contributed by atoms with van der Waals surface area (Å²) in [5.41, 5.74) is 0.327. The fraction of sp³-hybridized carbons (Fsp3) is 0. The first-order valence-corrected chi connectivity index (χ1v) is 7.06. The highest BCUT2D eigenvalue weighted by Gasteiger charge is 2.13. The molecule has 0 radical (unpaired) electrons. The smallest absolute Gasteiger partial charge is 0.256 e. The van der Waals surface area contributed by atoms with Crippen molar-refractivity contribution in [3.63, 3.8) is 0 Å². The maximum atomic E-state index is 13.4. The lowest BCUT2D eigenvalue weighted by molar-refractivity contribution is 0.102. The SMILES string of the molecule is O=C(Nc1ccc(F)cc1F)c1cc(I)ccc1Br. The number of amides is 1. The lowest BCUT2D eigenvalue weighted by Crippen LogP contribution is -2.14. The van der Waals surface area contributed by atoms with E-state index in [1.807, 2.05) is 6.07 Å². The van der Waals surface area contributed by atoms with Crippen LogP contribution in [-0.4, -0.2) is 5.91 Å². The molecule has 0 saturated heterocycles. The van der Waals surface area contributed by atoms with Gasteiger partial charge in [-0.05, 0) is 68.9 Å². The fourth-order valence-electron chi connectivity index (χ4n) is 1.45. The molecule has 0 aliphatic carbocycles. The molecule has 0 aliphatic rings. The van der Waals surface area contributed by atoms with Crippen molar-refractivity contribution >= 4 is 50.1 Å². The lowest BCUT2D eigenvalue weighted by Gasteiger charge is -2.08. The summed E-state index contributed by atoms with van der Waals surface area (Å²) >= 11 is 5.33. The molecule has 0 spiro atoms. The van der Waals surface area contributed by atoms with Gasteiger partial charge >= 0.3 is 0 Å². The van der Waals surface area contributed by atoms with Gasteiger partial charge < -0.3 is 5.32 Å². The molecule has 0 saturated carbocycles. The van der Waals surface area contributed by atoms with Crippen LogP contribution in [0.5, 0.6) is 0 Å². The van der Waals surface area contributed by atoms with Gasteiger partial charge in [0.2, 0.25) is 0 Å². The number of hydrogen-bond donors (Lipinski definition) is 1. The second-order valence-electron chi connectivity index (χ2n) is 3.70. The molecule has 0 atom stereocenters. The predicted octanol–water partition coefficient (Wildman–Crippen LogP) is 4.58. The van der Waals surface area contributed by atoms with Crippen LogP contribution in [0.15, 0.2) is 40.9 Å². The molecule has 1 N–H and O–H groups in total. The van der Waals surface area contributed by atoms with Crippen LogP contribution in [0.1, 0.15) is 10.4 Å². The van der Waals surface area contributed by atoms with Gasteiger partial charge in [-0.3, -0.25) is 4.79 Å². The first-order chi connectivity index (χ1) is 8.97. The minimum atomic E-state index is -0.810. The van der Waals surface area contributed by atoms with Gasteiger partial charge in [0.15, 0.2) is 0 Å². The van der Waals surface area contributed by atoms with Gasteiger partial charge in [0, 0.05) is 14.1 Å². The van der Waals surface area contributed by atoms with Crippen LogP contribution in [0.2, 0.25) is 0 Å². The highest BCUT2D eigenvalue weighted by Crippen LogP contribution is 2.22. The molecule has 0 unspecified atom stereocenters. The van der Waals surface area contributed by atoms with E-state index in [4.69, 9.17) is 0 Å². The first kappa shape index (κ1) is 14.4. The molecule has 2 aromatic carbocycles. The Bertz CT molecular complexity index is 649. The molecule has 0 heterocycles. The third kappa shape index (κ3) is 3.50. The van der Waals surface area contributed by atoms with Gasteiger partial charge in [-0.2, -0.15) is 0 Å². The summed E-state index contributed by atoms with van der Waals surface area (Å²) < 4.78 is 27.7. The quantitative estimate of drug-likeness (QED) is 0.684. The zero-order chi connectivity index (χ0) is 14.0. The van der Waals surface area contributed by atoms with Gasteiger partial charge in [0.1, 0.15) is 11.6 Å². The molecular weight excluding hydrogens is 431 g/mol. The third-order valence-corrected chi connectivity index (χ3v) is 3.71. The number of halogens is 4. The minimum Gasteiger partial charge on any atom is -0.319 e. The molecule has 2 aromatic rings. The summed E-state index contributed by atoms with van der Waals surface area (Å²) in [6, 6.07) is 8.23. The van der Waals surface area contributed by atoms with E-state index in [9.17, 15) is 13.6 Å². The minimum absolute atomic E-state index is 0.0582. The normalized spacial score (nSPS) is 10.3. The van der Waals surface area contributed by atoms with Crippen LogP contribution in [0.4, 0.5) is 14.5 Å². The topological polar surface area (TPSA) is 29.1 Å². The maximum absolute atomic E-state index is 13.4. The van der Waals surface area contributed by atoms with Crippen LogP contribution >= 0.6 is 38.5 Å². The van der Waals surface area contributed by atoms with Crippen LogP contribution in [0.3, 0.4) is 0 Å². The van der Waals surface area contributed by atoms with Gasteiger partial charge in [-0.15, -0.1) is 0 Å². The Morgan fingerprint density at radius 1 is 1.16 bits per heavy atom. The summed E-state index contributed by atoms with van der Waals surface area (Å²) in [4.78, 5) is 12.0. The third-order valence-electron chi connectivity index (χ3n) is 2.35. The Kier molecular flexibility index (Phi) is 4.51. The molecule has 0 bridgehead atoms. The van der Waals surface area contributed by atoms with Crippen LogP contribution in [-0.2, 0) is 0 Å². The Morgan fingerprint density at radius 2 is 1.89 bits per heavy atom. The molecule has 2 rings (SSSR count). The van der Waals surface area contributed by atoms with Crippen molar-refractivity contribution in [2.45, 2.75) is 0 Å². The van der Waals surface area contributed by atoms with Gasteiger partial charge in [0.25, 0.3) is 5.91 Å². The van der Waals surface area contributed by atoms with Crippen LogP contribution < -0.4 is 5.32 Å². The number of nitrogens with one attached hydrogen (secondary N) is 1. The highest BCUT2D eigenvalue weighted by molar-refractivity contribution is 14.1. The largest absolute Gasteiger partial charge is 0.319 e. The molecule has 0 aromatic heterocycles. The lowest BCUT2D eigenvalue weighted by atomic mass is 10.2. The van der Waals surface area contributed by atoms with E-state index in [2.05, 4.69) is 43.8 Å².